The van der Waals surface area contributed by atoms with Gasteiger partial charge in [-0.2, -0.15) is 0 Å². The molecule has 138 valence electrons. The number of oxazole rings is 1. The third-order valence-electron chi connectivity index (χ3n) is 4.71. The third-order valence-corrected chi connectivity index (χ3v) is 4.71. The predicted octanol–water partition coefficient (Wildman–Crippen LogP) is 4.53. The highest BCUT2D eigenvalue weighted by atomic mass is 19.1. The van der Waals surface area contributed by atoms with Crippen LogP contribution in [-0.4, -0.2) is 17.4 Å². The lowest BCUT2D eigenvalue weighted by molar-refractivity contribution is -0.118. The summed E-state index contributed by atoms with van der Waals surface area (Å²) in [5.41, 5.74) is 2.30. The van der Waals surface area contributed by atoms with Crippen LogP contribution in [0.2, 0.25) is 0 Å². The molecule has 0 radical (unpaired) electrons. The number of para-hydroxylation sites is 1. The number of hydrogen-bond donors (Lipinski definition) is 0. The average Bonchev–Trinajstić information content (AvgIpc) is 3.14. The number of nitrogens with zero attached hydrogens (tertiary/aromatic N) is 2. The van der Waals surface area contributed by atoms with Crippen LogP contribution < -0.4 is 4.90 Å². The normalized spacial score (nSPS) is 13.5. The summed E-state index contributed by atoms with van der Waals surface area (Å²) >= 11 is 0. The van der Waals surface area contributed by atoms with E-state index in [0.29, 0.717) is 18.9 Å². The van der Waals surface area contributed by atoms with Gasteiger partial charge in [0.25, 0.3) is 0 Å². The Hall–Kier alpha value is -3.02. The van der Waals surface area contributed by atoms with Crippen molar-refractivity contribution in [3.63, 3.8) is 0 Å². The fourth-order valence-electron chi connectivity index (χ4n) is 3.38. The average molecular weight is 368 g/mol. The number of benzene rings is 2. The minimum atomic E-state index is -0.710. The van der Waals surface area contributed by atoms with Gasteiger partial charge in [0.15, 0.2) is 11.7 Å². The van der Waals surface area contributed by atoms with E-state index in [4.69, 9.17) is 4.42 Å². The molecule has 0 saturated heterocycles. The fraction of sp³-hybridized carbons (Fsp3) is 0.238. The summed E-state index contributed by atoms with van der Waals surface area (Å²) in [5, 5.41) is 0. The topological polar surface area (TPSA) is 46.3 Å². The first kappa shape index (κ1) is 17.4. The summed E-state index contributed by atoms with van der Waals surface area (Å²) in [6.07, 6.45) is 3.88. The van der Waals surface area contributed by atoms with Gasteiger partial charge in [0.05, 0.1) is 11.8 Å². The first-order chi connectivity index (χ1) is 13.1. The highest BCUT2D eigenvalue weighted by Crippen LogP contribution is 2.28. The Morgan fingerprint density at radius 1 is 1.19 bits per heavy atom. The fourth-order valence-corrected chi connectivity index (χ4v) is 3.38. The molecule has 2 aromatic carbocycles. The molecule has 1 amide bonds. The number of fused-ring (bicyclic) bond motifs is 1. The van der Waals surface area contributed by atoms with E-state index in [1.165, 1.54) is 17.8 Å². The van der Waals surface area contributed by atoms with E-state index in [1.807, 2.05) is 29.2 Å². The smallest absolute Gasteiger partial charge is 0.227 e. The van der Waals surface area contributed by atoms with E-state index < -0.39 is 11.6 Å². The number of carbonyl (C=O) groups excluding carboxylic acids is 1. The Kier molecular flexibility index (Phi) is 4.71. The molecule has 3 aromatic rings. The van der Waals surface area contributed by atoms with Crippen molar-refractivity contribution >= 4 is 11.6 Å². The predicted molar refractivity (Wildman–Crippen MR) is 97.3 cm³/mol. The second kappa shape index (κ2) is 7.31. The molecule has 2 heterocycles. The number of amides is 1. The molecule has 0 saturated carbocycles. The largest absolute Gasteiger partial charge is 0.441 e. The van der Waals surface area contributed by atoms with Crippen LogP contribution in [0.15, 0.2) is 53.1 Å². The summed E-state index contributed by atoms with van der Waals surface area (Å²) in [4.78, 5) is 18.6. The molecule has 27 heavy (non-hydrogen) atoms. The van der Waals surface area contributed by atoms with Crippen molar-refractivity contribution in [1.82, 2.24) is 4.98 Å². The maximum Gasteiger partial charge on any atom is 0.227 e. The Labute approximate surface area is 155 Å². The second-order valence-corrected chi connectivity index (χ2v) is 6.52. The maximum absolute atomic E-state index is 13.9. The van der Waals surface area contributed by atoms with Gasteiger partial charge < -0.3 is 9.32 Å². The van der Waals surface area contributed by atoms with Gasteiger partial charge in [0, 0.05) is 31.1 Å². The van der Waals surface area contributed by atoms with Crippen molar-refractivity contribution in [2.75, 3.05) is 11.4 Å². The van der Waals surface area contributed by atoms with Gasteiger partial charge in [-0.15, -0.1) is 0 Å². The molecule has 6 heteroatoms. The van der Waals surface area contributed by atoms with Crippen molar-refractivity contribution in [2.24, 2.45) is 0 Å². The van der Waals surface area contributed by atoms with E-state index in [0.717, 1.165) is 30.7 Å². The lowest BCUT2D eigenvalue weighted by Gasteiger charge is -2.29. The SMILES string of the molecule is O=C(CCc1ncc(-c2ccc(F)cc2F)o1)N1CCCc2ccccc21. The number of rotatable bonds is 4. The van der Waals surface area contributed by atoms with E-state index >= 15 is 0 Å². The lowest BCUT2D eigenvalue weighted by atomic mass is 10.0. The molecule has 0 aliphatic carbocycles. The maximum atomic E-state index is 13.9. The number of hydrogen-bond acceptors (Lipinski definition) is 3. The molecule has 0 spiro atoms. The lowest BCUT2D eigenvalue weighted by Crippen LogP contribution is -2.35. The number of carbonyl (C=O) groups is 1. The number of halogens is 2. The monoisotopic (exact) mass is 368 g/mol. The first-order valence-corrected chi connectivity index (χ1v) is 8.90. The molecule has 4 rings (SSSR count). The molecule has 0 bridgehead atoms. The van der Waals surface area contributed by atoms with Crippen LogP contribution in [0.5, 0.6) is 0 Å². The summed E-state index contributed by atoms with van der Waals surface area (Å²) < 4.78 is 32.4. The molecule has 0 atom stereocenters. The summed E-state index contributed by atoms with van der Waals surface area (Å²) in [5.74, 6) is -0.775. The molecule has 0 N–H and O–H groups in total. The zero-order valence-corrected chi connectivity index (χ0v) is 14.6. The molecular formula is C21H18F2N2O2. The van der Waals surface area contributed by atoms with Gasteiger partial charge in [-0.1, -0.05) is 18.2 Å². The second-order valence-electron chi connectivity index (χ2n) is 6.52. The Bertz CT molecular complexity index is 984. The quantitative estimate of drug-likeness (QED) is 0.680. The van der Waals surface area contributed by atoms with Crippen molar-refractivity contribution in [3.8, 4) is 11.3 Å². The van der Waals surface area contributed by atoms with Gasteiger partial charge in [-0.25, -0.2) is 13.8 Å². The van der Waals surface area contributed by atoms with Crippen molar-refractivity contribution in [1.29, 1.82) is 0 Å². The highest BCUT2D eigenvalue weighted by Gasteiger charge is 2.22. The van der Waals surface area contributed by atoms with Crippen LogP contribution in [0.4, 0.5) is 14.5 Å². The molecule has 0 fully saturated rings. The first-order valence-electron chi connectivity index (χ1n) is 8.90. The van der Waals surface area contributed by atoms with E-state index in [2.05, 4.69) is 4.98 Å². The van der Waals surface area contributed by atoms with Crippen LogP contribution in [0.25, 0.3) is 11.3 Å². The van der Waals surface area contributed by atoms with Gasteiger partial charge in [0.2, 0.25) is 5.91 Å². The molecule has 1 aromatic heterocycles. The molecular weight excluding hydrogens is 350 g/mol. The van der Waals surface area contributed by atoms with E-state index in [1.54, 1.807) is 0 Å². The van der Waals surface area contributed by atoms with Crippen molar-refractivity contribution < 1.29 is 18.0 Å². The molecule has 1 aliphatic rings. The van der Waals surface area contributed by atoms with Crippen LogP contribution in [-0.2, 0) is 17.6 Å². The third kappa shape index (κ3) is 3.60. The Morgan fingerprint density at radius 3 is 2.89 bits per heavy atom. The standard InChI is InChI=1S/C21H18F2N2O2/c22-15-7-8-16(17(23)12-15)19-13-24-20(27-19)9-10-21(26)25-11-3-5-14-4-1-2-6-18(14)25/h1-2,4,6-8,12-13H,3,5,9-11H2. The molecule has 1 aliphatic heterocycles. The van der Waals surface area contributed by atoms with E-state index in [9.17, 15) is 13.6 Å². The molecule has 0 unspecified atom stereocenters. The van der Waals surface area contributed by atoms with Crippen molar-refractivity contribution in [3.05, 3.63) is 71.8 Å². The summed E-state index contributed by atoms with van der Waals surface area (Å²) in [7, 11) is 0. The zero-order valence-electron chi connectivity index (χ0n) is 14.6. The van der Waals surface area contributed by atoms with Crippen LogP contribution in [0.3, 0.4) is 0 Å². The number of aromatic nitrogens is 1. The summed E-state index contributed by atoms with van der Waals surface area (Å²) in [6, 6.07) is 11.2. The molecule has 4 nitrogen and oxygen atoms in total. The van der Waals surface area contributed by atoms with Crippen molar-refractivity contribution in [2.45, 2.75) is 25.7 Å². The number of aryl methyl sites for hydroxylation is 2. The van der Waals surface area contributed by atoms with Crippen LogP contribution in [0, 0.1) is 11.6 Å². The van der Waals surface area contributed by atoms with Gasteiger partial charge in [-0.05, 0) is 36.6 Å². The Balaban J connectivity index is 1.44. The van der Waals surface area contributed by atoms with Gasteiger partial charge in [0.1, 0.15) is 11.6 Å². The highest BCUT2D eigenvalue weighted by molar-refractivity contribution is 5.94. The van der Waals surface area contributed by atoms with Crippen LogP contribution >= 0.6 is 0 Å². The van der Waals surface area contributed by atoms with Gasteiger partial charge in [-0.3, -0.25) is 4.79 Å². The van der Waals surface area contributed by atoms with Crippen LogP contribution in [0.1, 0.15) is 24.3 Å². The van der Waals surface area contributed by atoms with Gasteiger partial charge >= 0.3 is 0 Å². The number of anilines is 1. The zero-order chi connectivity index (χ0) is 18.8. The Morgan fingerprint density at radius 2 is 2.04 bits per heavy atom. The van der Waals surface area contributed by atoms with E-state index in [-0.39, 0.29) is 23.7 Å². The summed E-state index contributed by atoms with van der Waals surface area (Å²) in [6.45, 7) is 0.702. The minimum Gasteiger partial charge on any atom is -0.441 e. The minimum absolute atomic E-state index is 0.00913.